The molecule has 6 heteroatoms. The number of aromatic amines is 1. The zero-order chi connectivity index (χ0) is 16.8. The van der Waals surface area contributed by atoms with Crippen LogP contribution in [-0.4, -0.2) is 22.7 Å². The number of aromatic nitrogens is 2. The Morgan fingerprint density at radius 3 is 2.96 bits per heavy atom. The lowest BCUT2D eigenvalue weighted by molar-refractivity contribution is 0.102. The maximum Gasteiger partial charge on any atom is 0.276 e. The van der Waals surface area contributed by atoms with Crippen LogP contribution in [0, 0.1) is 0 Å². The van der Waals surface area contributed by atoms with E-state index >= 15 is 0 Å². The Bertz CT molecular complexity index is 796. The molecule has 0 saturated heterocycles. The summed E-state index contributed by atoms with van der Waals surface area (Å²) < 4.78 is 5.74. The molecule has 5 nitrogen and oxygen atoms in total. The third kappa shape index (κ3) is 3.83. The van der Waals surface area contributed by atoms with Crippen molar-refractivity contribution in [2.24, 2.45) is 0 Å². The van der Waals surface area contributed by atoms with Gasteiger partial charge in [-0.25, -0.2) is 0 Å². The number of H-pyrrole nitrogens is 1. The highest BCUT2D eigenvalue weighted by molar-refractivity contribution is 7.13. The first-order valence-corrected chi connectivity index (χ1v) is 8.78. The van der Waals surface area contributed by atoms with Crippen molar-refractivity contribution in [3.05, 3.63) is 53.5 Å². The smallest absolute Gasteiger partial charge is 0.276 e. The molecule has 0 spiro atoms. The summed E-state index contributed by atoms with van der Waals surface area (Å²) in [4.78, 5) is 13.5. The molecule has 2 N–H and O–H groups in total. The highest BCUT2D eigenvalue weighted by Crippen LogP contribution is 2.26. The van der Waals surface area contributed by atoms with Crippen LogP contribution in [-0.2, 0) is 0 Å². The number of hydrogen-bond acceptors (Lipinski definition) is 4. The number of carbonyl (C=O) groups is 1. The Balaban J connectivity index is 1.71. The molecule has 124 valence electrons. The van der Waals surface area contributed by atoms with Gasteiger partial charge in [-0.05, 0) is 36.1 Å². The van der Waals surface area contributed by atoms with Crippen LogP contribution >= 0.6 is 11.3 Å². The van der Waals surface area contributed by atoms with Gasteiger partial charge in [-0.15, -0.1) is 11.3 Å². The van der Waals surface area contributed by atoms with Gasteiger partial charge < -0.3 is 10.1 Å². The molecule has 2 aromatic heterocycles. The van der Waals surface area contributed by atoms with E-state index < -0.39 is 0 Å². The molecule has 3 aromatic rings. The molecule has 3 rings (SSSR count). The van der Waals surface area contributed by atoms with Crippen LogP contribution < -0.4 is 10.1 Å². The second-order valence-electron chi connectivity index (χ2n) is 5.30. The molecular formula is C18H19N3O2S. The van der Waals surface area contributed by atoms with Crippen LogP contribution in [0.15, 0.2) is 47.8 Å². The van der Waals surface area contributed by atoms with Gasteiger partial charge in [0.1, 0.15) is 5.75 Å². The van der Waals surface area contributed by atoms with Gasteiger partial charge in [0, 0.05) is 0 Å². The number of rotatable bonds is 7. The lowest BCUT2D eigenvalue weighted by Gasteiger charge is -2.11. The normalized spacial score (nSPS) is 10.5. The number of nitrogens with zero attached hydrogens (tertiary/aromatic N) is 1. The minimum absolute atomic E-state index is 0.263. The van der Waals surface area contributed by atoms with E-state index in [1.807, 2.05) is 41.8 Å². The van der Waals surface area contributed by atoms with Crippen molar-refractivity contribution in [1.82, 2.24) is 10.2 Å². The molecule has 1 amide bonds. The first kappa shape index (κ1) is 16.3. The van der Waals surface area contributed by atoms with Crippen LogP contribution in [0.25, 0.3) is 10.6 Å². The van der Waals surface area contributed by atoms with Crippen LogP contribution in [0.5, 0.6) is 5.75 Å². The Labute approximate surface area is 144 Å². The summed E-state index contributed by atoms with van der Waals surface area (Å²) >= 11 is 1.60. The van der Waals surface area contributed by atoms with Crippen molar-refractivity contribution >= 4 is 22.9 Å². The summed E-state index contributed by atoms with van der Waals surface area (Å²) in [6.07, 6.45) is 2.04. The second kappa shape index (κ2) is 7.79. The number of ether oxygens (including phenoxy) is 1. The third-order valence-electron chi connectivity index (χ3n) is 3.49. The third-order valence-corrected chi connectivity index (χ3v) is 4.39. The van der Waals surface area contributed by atoms with E-state index in [-0.39, 0.29) is 5.91 Å². The SMILES string of the molecule is CCCCOc1ccccc1NC(=O)c1cc(-c2cccs2)[nH]n1. The number of unbranched alkanes of at least 4 members (excludes halogenated alkanes) is 1. The van der Waals surface area contributed by atoms with Gasteiger partial charge in [0.05, 0.1) is 22.9 Å². The van der Waals surface area contributed by atoms with E-state index in [4.69, 9.17) is 4.74 Å². The summed E-state index contributed by atoms with van der Waals surface area (Å²) in [6.45, 7) is 2.74. The number of thiophene rings is 1. The number of anilines is 1. The Hall–Kier alpha value is -2.60. The average Bonchev–Trinajstić information content (AvgIpc) is 3.28. The molecule has 1 aromatic carbocycles. The highest BCUT2D eigenvalue weighted by atomic mass is 32.1. The minimum Gasteiger partial charge on any atom is -0.491 e. The Morgan fingerprint density at radius 1 is 1.29 bits per heavy atom. The molecule has 0 aliphatic rings. The topological polar surface area (TPSA) is 67.0 Å². The average molecular weight is 341 g/mol. The van der Waals surface area contributed by atoms with Gasteiger partial charge in [0.2, 0.25) is 0 Å². The van der Waals surface area contributed by atoms with Crippen molar-refractivity contribution in [3.63, 3.8) is 0 Å². The van der Waals surface area contributed by atoms with Gasteiger partial charge in [-0.1, -0.05) is 31.5 Å². The molecule has 24 heavy (non-hydrogen) atoms. The molecule has 0 aliphatic heterocycles. The van der Waals surface area contributed by atoms with Crippen LogP contribution in [0.1, 0.15) is 30.3 Å². The first-order chi connectivity index (χ1) is 11.8. The van der Waals surface area contributed by atoms with Gasteiger partial charge in [0.15, 0.2) is 5.69 Å². The van der Waals surface area contributed by atoms with E-state index in [0.717, 1.165) is 23.4 Å². The molecule has 0 unspecified atom stereocenters. The van der Waals surface area contributed by atoms with Gasteiger partial charge in [0.25, 0.3) is 5.91 Å². The van der Waals surface area contributed by atoms with Gasteiger partial charge in [-0.2, -0.15) is 5.10 Å². The largest absolute Gasteiger partial charge is 0.491 e. The fraction of sp³-hybridized carbons (Fsp3) is 0.222. The number of para-hydroxylation sites is 2. The van der Waals surface area contributed by atoms with Gasteiger partial charge in [-0.3, -0.25) is 9.89 Å². The maximum atomic E-state index is 12.4. The highest BCUT2D eigenvalue weighted by Gasteiger charge is 2.14. The fourth-order valence-corrected chi connectivity index (χ4v) is 2.90. The number of amides is 1. The quantitative estimate of drug-likeness (QED) is 0.619. The number of nitrogens with one attached hydrogen (secondary N) is 2. The van der Waals surface area contributed by atoms with E-state index in [0.29, 0.717) is 23.7 Å². The molecule has 0 saturated carbocycles. The summed E-state index contributed by atoms with van der Waals surface area (Å²) in [5.41, 5.74) is 1.84. The van der Waals surface area contributed by atoms with Crippen LogP contribution in [0.3, 0.4) is 0 Å². The van der Waals surface area contributed by atoms with Crippen molar-refractivity contribution in [2.45, 2.75) is 19.8 Å². The Kier molecular flexibility index (Phi) is 5.28. The number of hydrogen-bond donors (Lipinski definition) is 2. The zero-order valence-electron chi connectivity index (χ0n) is 13.4. The van der Waals surface area contributed by atoms with Crippen LogP contribution in [0.2, 0.25) is 0 Å². The van der Waals surface area contributed by atoms with E-state index in [1.54, 1.807) is 17.4 Å². The molecule has 0 atom stereocenters. The van der Waals surface area contributed by atoms with E-state index in [1.165, 1.54) is 0 Å². The fourth-order valence-electron chi connectivity index (χ4n) is 2.20. The molecule has 0 bridgehead atoms. The molecule has 0 fully saturated rings. The first-order valence-electron chi connectivity index (χ1n) is 7.90. The van der Waals surface area contributed by atoms with Crippen molar-refractivity contribution in [1.29, 1.82) is 0 Å². The van der Waals surface area contributed by atoms with E-state index in [9.17, 15) is 4.79 Å². The number of carbonyl (C=O) groups excluding carboxylic acids is 1. The summed E-state index contributed by atoms with van der Waals surface area (Å²) in [5.74, 6) is 0.411. The predicted molar refractivity (Wildman–Crippen MR) is 96.7 cm³/mol. The molecule has 0 aliphatic carbocycles. The summed E-state index contributed by atoms with van der Waals surface area (Å²) in [6, 6.07) is 13.1. The molecular weight excluding hydrogens is 322 g/mol. The molecule has 0 radical (unpaired) electrons. The summed E-state index contributed by atoms with van der Waals surface area (Å²) in [5, 5.41) is 11.9. The van der Waals surface area contributed by atoms with Crippen molar-refractivity contribution in [3.8, 4) is 16.3 Å². The molecule has 2 heterocycles. The lowest BCUT2D eigenvalue weighted by Crippen LogP contribution is -2.13. The van der Waals surface area contributed by atoms with Crippen molar-refractivity contribution < 1.29 is 9.53 Å². The van der Waals surface area contributed by atoms with E-state index in [2.05, 4.69) is 22.4 Å². The minimum atomic E-state index is -0.263. The summed E-state index contributed by atoms with van der Waals surface area (Å²) in [7, 11) is 0. The number of benzene rings is 1. The monoisotopic (exact) mass is 341 g/mol. The lowest BCUT2D eigenvalue weighted by atomic mass is 10.2. The van der Waals surface area contributed by atoms with Crippen LogP contribution in [0.4, 0.5) is 5.69 Å². The predicted octanol–water partition coefficient (Wildman–Crippen LogP) is 4.57. The van der Waals surface area contributed by atoms with Gasteiger partial charge >= 0.3 is 0 Å². The Morgan fingerprint density at radius 2 is 2.17 bits per heavy atom. The van der Waals surface area contributed by atoms with Crippen molar-refractivity contribution in [2.75, 3.05) is 11.9 Å². The standard InChI is InChI=1S/C18H19N3O2S/c1-2-3-10-23-16-8-5-4-7-13(16)19-18(22)15-12-14(20-21-15)17-9-6-11-24-17/h4-9,11-12H,2-3,10H2,1H3,(H,19,22)(H,20,21). The maximum absolute atomic E-state index is 12.4. The zero-order valence-corrected chi connectivity index (χ0v) is 14.2. The second-order valence-corrected chi connectivity index (χ2v) is 6.24.